The summed E-state index contributed by atoms with van der Waals surface area (Å²) in [5.74, 6) is -0.824. The molecule has 2 N–H and O–H groups in total. The number of furan rings is 1. The highest BCUT2D eigenvalue weighted by molar-refractivity contribution is 8.18. The van der Waals surface area contributed by atoms with E-state index in [0.717, 1.165) is 16.7 Å². The van der Waals surface area contributed by atoms with E-state index < -0.39 is 11.1 Å². The van der Waals surface area contributed by atoms with Gasteiger partial charge in [0.15, 0.2) is 5.76 Å². The first-order valence-corrected chi connectivity index (χ1v) is 11.2. The summed E-state index contributed by atoms with van der Waals surface area (Å²) in [6.07, 6.45) is 3.57. The third kappa shape index (κ3) is 6.38. The average Bonchev–Trinajstić information content (AvgIpc) is 3.37. The third-order valence-corrected chi connectivity index (χ3v) is 5.86. The summed E-state index contributed by atoms with van der Waals surface area (Å²) in [6.45, 7) is 0.496. The summed E-state index contributed by atoms with van der Waals surface area (Å²) >= 11 is 12.8. The van der Waals surface area contributed by atoms with Gasteiger partial charge in [-0.25, -0.2) is 0 Å². The van der Waals surface area contributed by atoms with Crippen LogP contribution in [0, 0.1) is 0 Å². The van der Waals surface area contributed by atoms with E-state index in [1.54, 1.807) is 36.4 Å². The number of nitrogens with zero attached hydrogens (tertiary/aromatic N) is 1. The van der Waals surface area contributed by atoms with E-state index in [-0.39, 0.29) is 42.0 Å². The van der Waals surface area contributed by atoms with Crippen molar-refractivity contribution in [3.05, 3.63) is 62.9 Å². The fraction of sp³-hybridized carbons (Fsp3) is 0.238. The molecule has 1 aliphatic rings. The van der Waals surface area contributed by atoms with E-state index in [0.29, 0.717) is 28.6 Å². The van der Waals surface area contributed by atoms with Gasteiger partial charge in [0.05, 0.1) is 11.2 Å². The average molecular weight is 496 g/mol. The predicted molar refractivity (Wildman–Crippen MR) is 122 cm³/mol. The maximum absolute atomic E-state index is 12.5. The third-order valence-electron chi connectivity index (χ3n) is 4.39. The van der Waals surface area contributed by atoms with Crippen LogP contribution in [-0.2, 0) is 9.59 Å². The normalized spacial score (nSPS) is 14.8. The molecule has 0 saturated carbocycles. The zero-order chi connectivity index (χ0) is 23.1. The van der Waals surface area contributed by atoms with Gasteiger partial charge in [0.1, 0.15) is 0 Å². The van der Waals surface area contributed by atoms with Crippen LogP contribution in [0.2, 0.25) is 10.0 Å². The van der Waals surface area contributed by atoms with Crippen LogP contribution in [0.4, 0.5) is 4.79 Å². The van der Waals surface area contributed by atoms with E-state index >= 15 is 0 Å². The molecular weight excluding hydrogens is 477 g/mol. The number of carbonyl (C=O) groups is 4. The quantitative estimate of drug-likeness (QED) is 0.402. The van der Waals surface area contributed by atoms with Crippen LogP contribution < -0.4 is 10.6 Å². The van der Waals surface area contributed by atoms with Crippen molar-refractivity contribution in [1.29, 1.82) is 0 Å². The minimum atomic E-state index is -0.444. The Labute approximate surface area is 198 Å². The number of hydrogen-bond acceptors (Lipinski definition) is 6. The zero-order valence-electron chi connectivity index (χ0n) is 16.7. The van der Waals surface area contributed by atoms with Gasteiger partial charge in [0.2, 0.25) is 5.91 Å². The van der Waals surface area contributed by atoms with Crippen molar-refractivity contribution >= 4 is 64.0 Å². The standard InChI is InChI=1S/C21H19Cl2N3O5S/c22-14-6-5-13(15(23)12-14)11-17-20(29)26(21(30)32-17)9-8-24-18(27)4-1-7-25-19(28)16-3-2-10-31-16/h2-3,5-6,10-12H,1,4,7-9H2,(H,24,27)(H,25,28)/b17-11-. The van der Waals surface area contributed by atoms with Crippen LogP contribution in [0.1, 0.15) is 29.0 Å². The number of halogens is 2. The molecule has 1 aromatic heterocycles. The lowest BCUT2D eigenvalue weighted by Crippen LogP contribution is -2.37. The van der Waals surface area contributed by atoms with E-state index in [1.165, 1.54) is 6.26 Å². The fourth-order valence-corrected chi connectivity index (χ4v) is 4.11. The molecule has 11 heteroatoms. The molecule has 3 rings (SSSR count). The highest BCUT2D eigenvalue weighted by Gasteiger charge is 2.34. The molecule has 0 spiro atoms. The van der Waals surface area contributed by atoms with Gasteiger partial charge >= 0.3 is 0 Å². The first-order valence-electron chi connectivity index (χ1n) is 9.64. The Morgan fingerprint density at radius 2 is 1.94 bits per heavy atom. The first kappa shape index (κ1) is 23.9. The van der Waals surface area contributed by atoms with Crippen molar-refractivity contribution < 1.29 is 23.6 Å². The molecule has 1 fully saturated rings. The van der Waals surface area contributed by atoms with E-state index in [4.69, 9.17) is 27.6 Å². The highest BCUT2D eigenvalue weighted by Crippen LogP contribution is 2.33. The molecule has 8 nitrogen and oxygen atoms in total. The van der Waals surface area contributed by atoms with Gasteiger partial charge in [-0.15, -0.1) is 0 Å². The molecule has 32 heavy (non-hydrogen) atoms. The molecule has 2 aromatic rings. The van der Waals surface area contributed by atoms with Crippen molar-refractivity contribution in [2.75, 3.05) is 19.6 Å². The van der Waals surface area contributed by atoms with E-state index in [2.05, 4.69) is 10.6 Å². The molecule has 2 heterocycles. The van der Waals surface area contributed by atoms with Crippen molar-refractivity contribution in [1.82, 2.24) is 15.5 Å². The highest BCUT2D eigenvalue weighted by atomic mass is 35.5. The molecule has 0 radical (unpaired) electrons. The number of imide groups is 1. The van der Waals surface area contributed by atoms with E-state index in [1.807, 2.05) is 0 Å². The summed E-state index contributed by atoms with van der Waals surface area (Å²) in [4.78, 5) is 49.7. The van der Waals surface area contributed by atoms with Gasteiger partial charge in [-0.3, -0.25) is 24.1 Å². The summed E-state index contributed by atoms with van der Waals surface area (Å²) in [5.41, 5.74) is 0.578. The molecule has 4 amide bonds. The van der Waals surface area contributed by atoms with Crippen molar-refractivity contribution in [2.24, 2.45) is 0 Å². The van der Waals surface area contributed by atoms with Crippen LogP contribution >= 0.6 is 35.0 Å². The van der Waals surface area contributed by atoms with Crippen LogP contribution in [0.25, 0.3) is 6.08 Å². The molecule has 0 bridgehead atoms. The largest absolute Gasteiger partial charge is 0.459 e. The van der Waals surface area contributed by atoms with Crippen LogP contribution in [0.15, 0.2) is 45.9 Å². The summed E-state index contributed by atoms with van der Waals surface area (Å²) in [6, 6.07) is 8.02. The monoisotopic (exact) mass is 495 g/mol. The minimum Gasteiger partial charge on any atom is -0.459 e. The van der Waals surface area contributed by atoms with Crippen molar-refractivity contribution in [3.8, 4) is 0 Å². The fourth-order valence-electron chi connectivity index (χ4n) is 2.79. The first-order chi connectivity index (χ1) is 15.3. The molecule has 0 atom stereocenters. The maximum atomic E-state index is 12.5. The van der Waals surface area contributed by atoms with Crippen LogP contribution in [0.5, 0.6) is 0 Å². The van der Waals surface area contributed by atoms with Gasteiger partial charge in [-0.1, -0.05) is 29.3 Å². The second kappa shape index (κ2) is 11.2. The van der Waals surface area contributed by atoms with Gasteiger partial charge in [-0.2, -0.15) is 0 Å². The number of nitrogens with one attached hydrogen (secondary N) is 2. The lowest BCUT2D eigenvalue weighted by molar-refractivity contribution is -0.124. The second-order valence-electron chi connectivity index (χ2n) is 6.69. The molecule has 168 valence electrons. The second-order valence-corrected chi connectivity index (χ2v) is 8.52. The minimum absolute atomic E-state index is 0.0529. The van der Waals surface area contributed by atoms with E-state index in [9.17, 15) is 19.2 Å². The Hall–Kier alpha value is -2.75. The molecule has 0 aliphatic carbocycles. The Kier molecular flexibility index (Phi) is 8.38. The smallest absolute Gasteiger partial charge is 0.293 e. The van der Waals surface area contributed by atoms with Gasteiger partial charge in [-0.05, 0) is 54.1 Å². The van der Waals surface area contributed by atoms with Crippen molar-refractivity contribution in [2.45, 2.75) is 12.8 Å². The summed E-state index contributed by atoms with van der Waals surface area (Å²) < 4.78 is 4.98. The zero-order valence-corrected chi connectivity index (χ0v) is 19.1. The molecule has 0 unspecified atom stereocenters. The predicted octanol–water partition coefficient (Wildman–Crippen LogP) is 3.95. The number of carbonyl (C=O) groups excluding carboxylic acids is 4. The van der Waals surface area contributed by atoms with Crippen molar-refractivity contribution in [3.63, 3.8) is 0 Å². The summed E-state index contributed by atoms with van der Waals surface area (Å²) in [5, 5.41) is 5.74. The lowest BCUT2D eigenvalue weighted by atomic mass is 10.2. The summed E-state index contributed by atoms with van der Waals surface area (Å²) in [7, 11) is 0. The topological polar surface area (TPSA) is 109 Å². The number of benzene rings is 1. The number of amides is 4. The Morgan fingerprint density at radius 3 is 2.66 bits per heavy atom. The molecule has 1 saturated heterocycles. The SMILES string of the molecule is O=C(CCCNC(=O)c1ccco1)NCCN1C(=O)S/C(=C\c2ccc(Cl)cc2Cl)C1=O. The number of hydrogen-bond donors (Lipinski definition) is 2. The van der Waals surface area contributed by atoms with Gasteiger partial charge < -0.3 is 15.1 Å². The van der Waals surface area contributed by atoms with Crippen LogP contribution in [-0.4, -0.2) is 47.5 Å². The Balaban J connectivity index is 1.40. The van der Waals surface area contributed by atoms with Crippen LogP contribution in [0.3, 0.4) is 0 Å². The molecule has 1 aromatic carbocycles. The van der Waals surface area contributed by atoms with Gasteiger partial charge in [0.25, 0.3) is 17.1 Å². The Bertz CT molecular complexity index is 1060. The molecular formula is C21H19Cl2N3O5S. The Morgan fingerprint density at radius 1 is 1.12 bits per heavy atom. The number of thioether (sulfide) groups is 1. The maximum Gasteiger partial charge on any atom is 0.293 e. The number of rotatable bonds is 9. The lowest BCUT2D eigenvalue weighted by Gasteiger charge is -2.13. The van der Waals surface area contributed by atoms with Gasteiger partial charge in [0, 0.05) is 36.1 Å². The molecule has 1 aliphatic heterocycles.